The summed E-state index contributed by atoms with van der Waals surface area (Å²) in [6.07, 6.45) is 0. The fourth-order valence-electron chi connectivity index (χ4n) is 0.639. The van der Waals surface area contributed by atoms with Crippen LogP contribution in [0, 0.1) is 18.3 Å². The highest BCUT2D eigenvalue weighted by Gasteiger charge is 2.06. The van der Waals surface area contributed by atoms with E-state index in [9.17, 15) is 5.11 Å². The largest absolute Gasteiger partial charge is 0.287 e. The maximum absolute atomic E-state index is 10.9. The molecule has 0 spiro atoms. The van der Waals surface area contributed by atoms with Crippen LogP contribution in [0.2, 0.25) is 0 Å². The van der Waals surface area contributed by atoms with E-state index < -0.39 is 5.88 Å². The quantitative estimate of drug-likeness (QED) is 0.661. The van der Waals surface area contributed by atoms with E-state index >= 15 is 0 Å². The lowest BCUT2D eigenvalue weighted by Crippen LogP contribution is -1.85. The summed E-state index contributed by atoms with van der Waals surface area (Å²) in [5, 5.41) is 19.3. The van der Waals surface area contributed by atoms with Gasteiger partial charge in [-0.3, -0.25) is 5.11 Å². The number of aryl methyl sites for hydroxylation is 1. The molecule has 0 N–H and O–H groups in total. The first-order valence-corrected chi connectivity index (χ1v) is 3.68. The summed E-state index contributed by atoms with van der Waals surface area (Å²) in [6.45, 7) is 1.70. The van der Waals surface area contributed by atoms with Gasteiger partial charge in [-0.05, 0) is 28.9 Å². The fourth-order valence-corrected chi connectivity index (χ4v) is 0.957. The predicted molar refractivity (Wildman–Crippen MR) is 41.5 cm³/mol. The number of rotatable bonds is 0. The van der Waals surface area contributed by atoms with Crippen molar-refractivity contribution in [3.05, 3.63) is 21.8 Å². The number of aromatic nitrogens is 1. The lowest BCUT2D eigenvalue weighted by atomic mass is 10.2. The second-order valence-electron chi connectivity index (χ2n) is 2.02. The fraction of sp³-hybridized carbons (Fsp3) is 0.143. The van der Waals surface area contributed by atoms with Gasteiger partial charge in [-0.2, -0.15) is 5.26 Å². The molecule has 0 aliphatic carbocycles. The van der Waals surface area contributed by atoms with Gasteiger partial charge in [0.15, 0.2) is 0 Å². The monoisotopic (exact) mass is 211 g/mol. The van der Waals surface area contributed by atoms with Gasteiger partial charge in [-0.1, -0.05) is 0 Å². The molecule has 11 heavy (non-hydrogen) atoms. The third-order valence-electron chi connectivity index (χ3n) is 1.24. The zero-order valence-corrected chi connectivity index (χ0v) is 7.34. The van der Waals surface area contributed by atoms with E-state index in [0.29, 0.717) is 10.2 Å². The molecule has 0 bridgehead atoms. The second-order valence-corrected chi connectivity index (χ2v) is 2.87. The molecular formula is C7H4BrN2O. The maximum atomic E-state index is 10.9. The third-order valence-corrected chi connectivity index (χ3v) is 2.04. The highest BCUT2D eigenvalue weighted by atomic mass is 79.9. The van der Waals surface area contributed by atoms with Crippen LogP contribution in [0.5, 0.6) is 5.88 Å². The minimum absolute atomic E-state index is 0.0717. The SMILES string of the molecule is Cc1nc([O])c(C#N)cc1Br. The van der Waals surface area contributed by atoms with E-state index in [-0.39, 0.29) is 5.56 Å². The molecular weight excluding hydrogens is 208 g/mol. The van der Waals surface area contributed by atoms with Gasteiger partial charge in [0.05, 0.1) is 5.69 Å². The van der Waals surface area contributed by atoms with Crippen molar-refractivity contribution >= 4 is 15.9 Å². The standard InChI is InChI=1S/C7H4BrN2O/c1-4-6(8)2-5(3-9)7(11)10-4/h2H,1H3. The van der Waals surface area contributed by atoms with E-state index in [1.54, 1.807) is 13.0 Å². The summed E-state index contributed by atoms with van der Waals surface area (Å²) in [5.41, 5.74) is 0.677. The van der Waals surface area contributed by atoms with Crippen molar-refractivity contribution in [3.63, 3.8) is 0 Å². The number of hydrogen-bond acceptors (Lipinski definition) is 2. The number of nitriles is 1. The zero-order valence-electron chi connectivity index (χ0n) is 5.76. The van der Waals surface area contributed by atoms with E-state index in [0.717, 1.165) is 0 Å². The molecule has 0 unspecified atom stereocenters. The Kier molecular flexibility index (Phi) is 2.11. The topological polar surface area (TPSA) is 56.6 Å². The first-order chi connectivity index (χ1) is 5.15. The van der Waals surface area contributed by atoms with Crippen molar-refractivity contribution in [2.45, 2.75) is 6.92 Å². The predicted octanol–water partition coefficient (Wildman–Crippen LogP) is 2.17. The Morgan fingerprint density at radius 2 is 2.36 bits per heavy atom. The summed E-state index contributed by atoms with van der Waals surface area (Å²) in [6, 6.07) is 3.24. The first kappa shape index (κ1) is 8.02. The van der Waals surface area contributed by atoms with E-state index in [1.165, 1.54) is 6.07 Å². The third kappa shape index (κ3) is 1.49. The Hall–Kier alpha value is -1.08. The Balaban J connectivity index is 3.35. The maximum Gasteiger partial charge on any atom is 0.287 e. The molecule has 1 radical (unpaired) electrons. The number of hydrogen-bond donors (Lipinski definition) is 0. The van der Waals surface area contributed by atoms with Gasteiger partial charge in [0.2, 0.25) is 0 Å². The van der Waals surface area contributed by atoms with Gasteiger partial charge in [0.1, 0.15) is 11.6 Å². The summed E-state index contributed by atoms with van der Waals surface area (Å²) in [5.74, 6) is -0.465. The molecule has 4 heteroatoms. The van der Waals surface area contributed by atoms with Crippen LogP contribution in [0.15, 0.2) is 10.5 Å². The molecule has 0 saturated heterocycles. The van der Waals surface area contributed by atoms with Gasteiger partial charge in [0, 0.05) is 4.47 Å². The number of pyridine rings is 1. The highest BCUT2D eigenvalue weighted by Crippen LogP contribution is 2.21. The molecule has 1 rings (SSSR count). The van der Waals surface area contributed by atoms with Crippen LogP contribution in [0.4, 0.5) is 0 Å². The van der Waals surface area contributed by atoms with E-state index in [1.807, 2.05) is 0 Å². The first-order valence-electron chi connectivity index (χ1n) is 2.89. The lowest BCUT2D eigenvalue weighted by molar-refractivity contribution is 0.335. The van der Waals surface area contributed by atoms with Crippen molar-refractivity contribution < 1.29 is 5.11 Å². The zero-order chi connectivity index (χ0) is 8.43. The Morgan fingerprint density at radius 3 is 2.91 bits per heavy atom. The van der Waals surface area contributed by atoms with Crippen LogP contribution in [-0.2, 0) is 5.11 Å². The van der Waals surface area contributed by atoms with Crippen molar-refractivity contribution in [2.24, 2.45) is 0 Å². The van der Waals surface area contributed by atoms with Crippen LogP contribution in [0.1, 0.15) is 11.3 Å². The summed E-state index contributed by atoms with van der Waals surface area (Å²) >= 11 is 3.17. The van der Waals surface area contributed by atoms with Crippen LogP contribution in [0.3, 0.4) is 0 Å². The van der Waals surface area contributed by atoms with Crippen LogP contribution in [0.25, 0.3) is 0 Å². The molecule has 0 saturated carbocycles. The molecule has 1 aromatic rings. The molecule has 0 atom stereocenters. The molecule has 3 nitrogen and oxygen atoms in total. The van der Waals surface area contributed by atoms with Crippen LogP contribution >= 0.6 is 15.9 Å². The molecule has 55 valence electrons. The molecule has 0 fully saturated rings. The van der Waals surface area contributed by atoms with Gasteiger partial charge in [0.25, 0.3) is 5.88 Å². The van der Waals surface area contributed by atoms with E-state index in [4.69, 9.17) is 5.26 Å². The van der Waals surface area contributed by atoms with Crippen molar-refractivity contribution in [3.8, 4) is 11.9 Å². The smallest absolute Gasteiger partial charge is 0.266 e. The van der Waals surface area contributed by atoms with Gasteiger partial charge in [-0.25, -0.2) is 4.98 Å². The second kappa shape index (κ2) is 2.89. The van der Waals surface area contributed by atoms with Gasteiger partial charge < -0.3 is 0 Å². The molecule has 0 aromatic carbocycles. The van der Waals surface area contributed by atoms with Crippen molar-refractivity contribution in [2.75, 3.05) is 0 Å². The lowest BCUT2D eigenvalue weighted by Gasteiger charge is -1.96. The van der Waals surface area contributed by atoms with E-state index in [2.05, 4.69) is 20.9 Å². The minimum atomic E-state index is -0.465. The molecule has 0 aliphatic heterocycles. The Bertz CT molecular complexity index is 330. The summed E-state index contributed by atoms with van der Waals surface area (Å²) in [7, 11) is 0. The summed E-state index contributed by atoms with van der Waals surface area (Å²) in [4.78, 5) is 3.62. The molecule has 0 amide bonds. The molecule has 0 aliphatic rings. The van der Waals surface area contributed by atoms with Crippen LogP contribution in [-0.4, -0.2) is 4.98 Å². The minimum Gasteiger partial charge on any atom is -0.266 e. The Labute approximate surface area is 72.4 Å². The highest BCUT2D eigenvalue weighted by molar-refractivity contribution is 9.10. The van der Waals surface area contributed by atoms with Gasteiger partial charge in [-0.15, -0.1) is 0 Å². The number of nitrogens with zero attached hydrogens (tertiary/aromatic N) is 2. The normalized spacial score (nSPS) is 9.18. The van der Waals surface area contributed by atoms with Crippen molar-refractivity contribution in [1.29, 1.82) is 5.26 Å². The average Bonchev–Trinajstić information content (AvgIpc) is 1.97. The number of halogens is 1. The Morgan fingerprint density at radius 1 is 1.73 bits per heavy atom. The average molecular weight is 212 g/mol. The summed E-state index contributed by atoms with van der Waals surface area (Å²) < 4.78 is 0.689. The van der Waals surface area contributed by atoms with Gasteiger partial charge >= 0.3 is 0 Å². The molecule has 1 heterocycles. The van der Waals surface area contributed by atoms with Crippen molar-refractivity contribution in [1.82, 2.24) is 4.98 Å². The van der Waals surface area contributed by atoms with Crippen LogP contribution < -0.4 is 0 Å². The molecule has 1 aromatic heterocycles.